The zero-order valence-electron chi connectivity index (χ0n) is 16.8. The molecule has 0 heterocycles. The number of benzene rings is 1. The van der Waals surface area contributed by atoms with Crippen LogP contribution < -0.4 is 27.0 Å². The van der Waals surface area contributed by atoms with E-state index in [1.807, 2.05) is 12.1 Å². The van der Waals surface area contributed by atoms with Crippen LogP contribution in [-0.2, 0) is 14.4 Å². The van der Waals surface area contributed by atoms with Gasteiger partial charge in [0.15, 0.2) is 0 Å². The van der Waals surface area contributed by atoms with Gasteiger partial charge in [0, 0.05) is 22.7 Å². The van der Waals surface area contributed by atoms with Gasteiger partial charge in [0.2, 0.25) is 17.7 Å². The Morgan fingerprint density at radius 1 is 1.03 bits per heavy atom. The van der Waals surface area contributed by atoms with E-state index in [1.54, 1.807) is 26.0 Å². The van der Waals surface area contributed by atoms with Crippen molar-refractivity contribution in [3.63, 3.8) is 0 Å². The second kappa shape index (κ2) is 12.2. The van der Waals surface area contributed by atoms with Gasteiger partial charge in [0.1, 0.15) is 12.1 Å². The second-order valence-corrected chi connectivity index (χ2v) is 8.16. The molecule has 0 saturated heterocycles. The first-order valence-electron chi connectivity index (χ1n) is 9.27. The minimum absolute atomic E-state index is 0.157. The maximum absolute atomic E-state index is 12.7. The van der Waals surface area contributed by atoms with Gasteiger partial charge in [-0.05, 0) is 65.6 Å². The summed E-state index contributed by atoms with van der Waals surface area (Å²) in [5, 5.41) is 10.5. The smallest absolute Gasteiger partial charge is 0.312 e. The van der Waals surface area contributed by atoms with Crippen LogP contribution in [0.15, 0.2) is 24.3 Å². The molecule has 0 fully saturated rings. The molecule has 0 aliphatic rings. The van der Waals surface area contributed by atoms with E-state index in [9.17, 15) is 19.2 Å². The SMILES string of the molecule is CC(=O)NC(C(=O)N[C@@H](CCCNC(N)=O)C(=O)Nc1ccc(I)cc1)C(C)C. The van der Waals surface area contributed by atoms with Crippen molar-refractivity contribution in [3.05, 3.63) is 27.8 Å². The molecule has 0 aliphatic carbocycles. The van der Waals surface area contributed by atoms with E-state index in [0.717, 1.165) is 3.57 Å². The van der Waals surface area contributed by atoms with Gasteiger partial charge in [0.25, 0.3) is 0 Å². The largest absolute Gasteiger partial charge is 0.352 e. The van der Waals surface area contributed by atoms with Crippen LogP contribution in [0.5, 0.6) is 0 Å². The molecule has 1 unspecified atom stereocenters. The van der Waals surface area contributed by atoms with Gasteiger partial charge in [0.05, 0.1) is 0 Å². The standard InChI is InChI=1S/C19H28IN5O4/c1-11(2)16(23-12(3)26)18(28)25-15(5-4-10-22-19(21)29)17(27)24-14-8-6-13(20)7-9-14/h6-9,11,15-16H,4-5,10H2,1-3H3,(H,23,26)(H,24,27)(H,25,28)(H3,21,22,29)/t15-,16?/m0/s1. The number of hydrogen-bond acceptors (Lipinski definition) is 4. The topological polar surface area (TPSA) is 142 Å². The van der Waals surface area contributed by atoms with E-state index < -0.39 is 24.0 Å². The summed E-state index contributed by atoms with van der Waals surface area (Å²) in [5.74, 6) is -1.32. The Morgan fingerprint density at radius 3 is 2.17 bits per heavy atom. The van der Waals surface area contributed by atoms with Gasteiger partial charge in [-0.15, -0.1) is 0 Å². The molecule has 29 heavy (non-hydrogen) atoms. The first kappa shape index (κ1) is 24.7. The van der Waals surface area contributed by atoms with Crippen molar-refractivity contribution >= 4 is 52.0 Å². The van der Waals surface area contributed by atoms with Crippen molar-refractivity contribution in [1.29, 1.82) is 0 Å². The van der Waals surface area contributed by atoms with Crippen molar-refractivity contribution in [2.75, 3.05) is 11.9 Å². The normalized spacial score (nSPS) is 12.6. The number of carbonyl (C=O) groups excluding carboxylic acids is 4. The molecule has 1 aromatic carbocycles. The van der Waals surface area contributed by atoms with Crippen LogP contribution in [0.1, 0.15) is 33.6 Å². The fourth-order valence-electron chi connectivity index (χ4n) is 2.56. The molecule has 2 atom stereocenters. The Kier molecular flexibility index (Phi) is 10.4. The van der Waals surface area contributed by atoms with E-state index in [-0.39, 0.29) is 30.7 Å². The predicted octanol–water partition coefficient (Wildman–Crippen LogP) is 1.32. The summed E-state index contributed by atoms with van der Waals surface area (Å²) in [7, 11) is 0. The highest BCUT2D eigenvalue weighted by molar-refractivity contribution is 14.1. The second-order valence-electron chi connectivity index (χ2n) is 6.91. The highest BCUT2D eigenvalue weighted by atomic mass is 127. The highest BCUT2D eigenvalue weighted by Gasteiger charge is 2.28. The highest BCUT2D eigenvalue weighted by Crippen LogP contribution is 2.12. The lowest BCUT2D eigenvalue weighted by Gasteiger charge is -2.25. The quantitative estimate of drug-likeness (QED) is 0.236. The maximum Gasteiger partial charge on any atom is 0.312 e. The average Bonchev–Trinajstić information content (AvgIpc) is 2.63. The van der Waals surface area contributed by atoms with Gasteiger partial charge < -0.3 is 27.0 Å². The molecule has 0 aliphatic heterocycles. The minimum Gasteiger partial charge on any atom is -0.352 e. The Balaban J connectivity index is 2.85. The Labute approximate surface area is 184 Å². The summed E-state index contributed by atoms with van der Waals surface area (Å²) in [6.45, 7) is 5.21. The van der Waals surface area contributed by atoms with Gasteiger partial charge in [-0.25, -0.2) is 4.79 Å². The first-order valence-corrected chi connectivity index (χ1v) is 10.3. The number of nitrogens with one attached hydrogen (secondary N) is 4. The number of carbonyl (C=O) groups is 4. The van der Waals surface area contributed by atoms with Crippen LogP contribution in [0.4, 0.5) is 10.5 Å². The third-order valence-corrected chi connectivity index (χ3v) is 4.74. The molecule has 5 amide bonds. The molecule has 0 radical (unpaired) electrons. The van der Waals surface area contributed by atoms with Crippen molar-refractivity contribution in [3.8, 4) is 0 Å². The molecule has 6 N–H and O–H groups in total. The number of halogens is 1. The molecule has 10 heteroatoms. The van der Waals surface area contributed by atoms with Gasteiger partial charge in [-0.3, -0.25) is 14.4 Å². The first-order chi connectivity index (χ1) is 13.6. The lowest BCUT2D eigenvalue weighted by molar-refractivity contribution is -0.131. The molecule has 0 saturated carbocycles. The summed E-state index contributed by atoms with van der Waals surface area (Å²) in [6, 6.07) is 4.98. The van der Waals surface area contributed by atoms with Gasteiger partial charge >= 0.3 is 6.03 Å². The molecular weight excluding hydrogens is 489 g/mol. The predicted molar refractivity (Wildman–Crippen MR) is 119 cm³/mol. The van der Waals surface area contributed by atoms with E-state index in [4.69, 9.17) is 5.73 Å². The summed E-state index contributed by atoms with van der Waals surface area (Å²) in [5.41, 5.74) is 5.65. The van der Waals surface area contributed by atoms with Crippen molar-refractivity contribution in [2.24, 2.45) is 11.7 Å². The lowest BCUT2D eigenvalue weighted by atomic mass is 10.0. The van der Waals surface area contributed by atoms with Gasteiger partial charge in [-0.1, -0.05) is 13.8 Å². The Bertz CT molecular complexity index is 724. The van der Waals surface area contributed by atoms with Crippen molar-refractivity contribution in [2.45, 2.75) is 45.7 Å². The minimum atomic E-state index is -0.841. The van der Waals surface area contributed by atoms with Crippen molar-refractivity contribution in [1.82, 2.24) is 16.0 Å². The number of urea groups is 1. The summed E-state index contributed by atoms with van der Waals surface area (Å²) >= 11 is 2.16. The van der Waals surface area contributed by atoms with Crippen molar-refractivity contribution < 1.29 is 19.2 Å². The monoisotopic (exact) mass is 517 g/mol. The van der Waals surface area contributed by atoms with E-state index >= 15 is 0 Å². The van der Waals surface area contributed by atoms with Crippen LogP contribution in [0.2, 0.25) is 0 Å². The van der Waals surface area contributed by atoms with Crippen LogP contribution >= 0.6 is 22.6 Å². The third kappa shape index (κ3) is 9.59. The molecule has 1 aromatic rings. The van der Waals surface area contributed by atoms with Crippen LogP contribution in [-0.4, -0.2) is 42.4 Å². The molecular formula is C19H28IN5O4. The Hall–Kier alpha value is -2.37. The van der Waals surface area contributed by atoms with Crippen LogP contribution in [0.25, 0.3) is 0 Å². The molecule has 160 valence electrons. The third-order valence-electron chi connectivity index (χ3n) is 4.02. The van der Waals surface area contributed by atoms with E-state index in [0.29, 0.717) is 12.1 Å². The zero-order chi connectivity index (χ0) is 22.0. The lowest BCUT2D eigenvalue weighted by Crippen LogP contribution is -2.54. The number of primary amides is 1. The number of amides is 5. The average molecular weight is 517 g/mol. The van der Waals surface area contributed by atoms with E-state index in [2.05, 4.69) is 43.9 Å². The fourth-order valence-corrected chi connectivity index (χ4v) is 2.92. The van der Waals surface area contributed by atoms with Crippen LogP contribution in [0.3, 0.4) is 0 Å². The fraction of sp³-hybridized carbons (Fsp3) is 0.474. The van der Waals surface area contributed by atoms with Gasteiger partial charge in [-0.2, -0.15) is 0 Å². The molecule has 0 spiro atoms. The summed E-state index contributed by atoms with van der Waals surface area (Å²) in [6.07, 6.45) is 0.716. The van der Waals surface area contributed by atoms with Crippen LogP contribution in [0, 0.1) is 9.49 Å². The van der Waals surface area contributed by atoms with E-state index in [1.165, 1.54) is 6.92 Å². The number of anilines is 1. The molecule has 0 aromatic heterocycles. The number of rotatable bonds is 10. The Morgan fingerprint density at radius 2 is 1.66 bits per heavy atom. The molecule has 9 nitrogen and oxygen atoms in total. The zero-order valence-corrected chi connectivity index (χ0v) is 18.9. The molecule has 1 rings (SSSR count). The summed E-state index contributed by atoms with van der Waals surface area (Å²) < 4.78 is 1.03. The maximum atomic E-state index is 12.7. The number of hydrogen-bond donors (Lipinski definition) is 5. The number of nitrogens with two attached hydrogens (primary N) is 1. The summed E-state index contributed by atoms with van der Waals surface area (Å²) in [4.78, 5) is 47.6. The molecule has 0 bridgehead atoms.